The molecular formula is C31H35Cl2N3O4. The Balaban J connectivity index is 1.40. The van der Waals surface area contributed by atoms with Gasteiger partial charge in [0, 0.05) is 39.1 Å². The maximum Gasteiger partial charge on any atom is 0.408 e. The number of amides is 2. The van der Waals surface area contributed by atoms with E-state index >= 15 is 0 Å². The quantitative estimate of drug-likeness (QED) is 0.325. The van der Waals surface area contributed by atoms with E-state index in [0.717, 1.165) is 16.9 Å². The Morgan fingerprint density at radius 2 is 1.52 bits per heavy atom. The topological polar surface area (TPSA) is 71.1 Å². The summed E-state index contributed by atoms with van der Waals surface area (Å²) in [5, 5.41) is 3.90. The van der Waals surface area contributed by atoms with Crippen molar-refractivity contribution in [2.75, 3.05) is 26.2 Å². The Morgan fingerprint density at radius 3 is 2.17 bits per heavy atom. The summed E-state index contributed by atoms with van der Waals surface area (Å²) in [7, 11) is 0. The van der Waals surface area contributed by atoms with Crippen molar-refractivity contribution in [1.29, 1.82) is 0 Å². The molecule has 3 aromatic rings. The Morgan fingerprint density at radius 1 is 0.875 bits per heavy atom. The van der Waals surface area contributed by atoms with Crippen LogP contribution in [-0.2, 0) is 22.5 Å². The number of nitrogens with one attached hydrogen (secondary N) is 1. The molecule has 9 heteroatoms. The molecular weight excluding hydrogens is 549 g/mol. The maximum atomic E-state index is 13.6. The molecule has 7 nitrogen and oxygen atoms in total. The van der Waals surface area contributed by atoms with Crippen LogP contribution in [0.15, 0.2) is 72.8 Å². The number of nitrogens with zero attached hydrogens (tertiary/aromatic N) is 2. The largest absolute Gasteiger partial charge is 0.457 e. The van der Waals surface area contributed by atoms with Crippen molar-refractivity contribution in [2.24, 2.45) is 0 Å². The third-order valence-electron chi connectivity index (χ3n) is 6.44. The smallest absolute Gasteiger partial charge is 0.408 e. The van der Waals surface area contributed by atoms with Crippen molar-refractivity contribution in [3.8, 4) is 11.5 Å². The molecule has 0 radical (unpaired) electrons. The molecule has 3 aromatic carbocycles. The van der Waals surface area contributed by atoms with E-state index in [0.29, 0.717) is 54.9 Å². The molecule has 1 heterocycles. The molecule has 2 amide bonds. The van der Waals surface area contributed by atoms with E-state index in [1.807, 2.05) is 66.7 Å². The lowest BCUT2D eigenvalue weighted by Crippen LogP contribution is -2.55. The van der Waals surface area contributed by atoms with Crippen LogP contribution in [0.5, 0.6) is 11.5 Å². The third kappa shape index (κ3) is 8.62. The molecule has 1 atom stereocenters. The van der Waals surface area contributed by atoms with Gasteiger partial charge in [-0.1, -0.05) is 65.7 Å². The number of carbonyl (C=O) groups excluding carboxylic acids is 2. The zero-order chi connectivity index (χ0) is 28.7. The van der Waals surface area contributed by atoms with E-state index < -0.39 is 17.7 Å². The highest BCUT2D eigenvalue weighted by Gasteiger charge is 2.30. The van der Waals surface area contributed by atoms with E-state index in [9.17, 15) is 9.59 Å². The normalized spacial score (nSPS) is 14.9. The van der Waals surface area contributed by atoms with Crippen LogP contribution in [0.1, 0.15) is 31.9 Å². The van der Waals surface area contributed by atoms with Gasteiger partial charge >= 0.3 is 6.09 Å². The van der Waals surface area contributed by atoms with Crippen LogP contribution in [0.2, 0.25) is 10.0 Å². The monoisotopic (exact) mass is 583 g/mol. The van der Waals surface area contributed by atoms with Gasteiger partial charge in [-0.25, -0.2) is 4.79 Å². The predicted molar refractivity (Wildman–Crippen MR) is 158 cm³/mol. The zero-order valence-electron chi connectivity index (χ0n) is 23.0. The highest BCUT2D eigenvalue weighted by atomic mass is 35.5. The van der Waals surface area contributed by atoms with Crippen LogP contribution in [0.3, 0.4) is 0 Å². The minimum Gasteiger partial charge on any atom is -0.457 e. The van der Waals surface area contributed by atoms with Crippen molar-refractivity contribution in [1.82, 2.24) is 15.1 Å². The van der Waals surface area contributed by atoms with Gasteiger partial charge in [-0.15, -0.1) is 0 Å². The molecule has 1 N–H and O–H groups in total. The number of alkyl carbamates (subject to hydrolysis) is 1. The average molecular weight is 585 g/mol. The molecule has 1 aliphatic heterocycles. The molecule has 4 rings (SSSR count). The molecule has 1 aliphatic rings. The summed E-state index contributed by atoms with van der Waals surface area (Å²) in [6.45, 7) is 8.46. The molecule has 0 spiro atoms. The second-order valence-electron chi connectivity index (χ2n) is 10.8. The van der Waals surface area contributed by atoms with Crippen LogP contribution in [0.4, 0.5) is 4.79 Å². The van der Waals surface area contributed by atoms with Crippen molar-refractivity contribution in [3.63, 3.8) is 0 Å². The lowest BCUT2D eigenvalue weighted by Gasteiger charge is -2.36. The van der Waals surface area contributed by atoms with Crippen LogP contribution < -0.4 is 10.1 Å². The molecule has 1 unspecified atom stereocenters. The first-order valence-corrected chi connectivity index (χ1v) is 14.1. The van der Waals surface area contributed by atoms with E-state index in [-0.39, 0.29) is 5.91 Å². The molecule has 0 aromatic heterocycles. The van der Waals surface area contributed by atoms with Crippen molar-refractivity contribution in [2.45, 2.75) is 45.4 Å². The van der Waals surface area contributed by atoms with E-state index in [2.05, 4.69) is 10.2 Å². The molecule has 0 saturated carbocycles. The highest BCUT2D eigenvalue weighted by molar-refractivity contribution is 6.42. The number of hydrogen-bond acceptors (Lipinski definition) is 5. The summed E-state index contributed by atoms with van der Waals surface area (Å²) >= 11 is 12.5. The second-order valence-corrected chi connectivity index (χ2v) is 11.6. The number of para-hydroxylation sites is 1. The molecule has 0 bridgehead atoms. The minimum absolute atomic E-state index is 0.143. The Kier molecular flexibility index (Phi) is 9.95. The fourth-order valence-corrected chi connectivity index (χ4v) is 4.84. The first kappa shape index (κ1) is 29.7. The number of hydrogen-bond donors (Lipinski definition) is 1. The van der Waals surface area contributed by atoms with E-state index in [1.165, 1.54) is 0 Å². The average Bonchev–Trinajstić information content (AvgIpc) is 2.91. The molecule has 1 fully saturated rings. The van der Waals surface area contributed by atoms with Gasteiger partial charge < -0.3 is 19.7 Å². The standard InChI is InChI=1S/C31H35Cl2N3O4/c1-31(2,3)40-30(38)34-27(20-22-12-14-25(15-13-22)39-24-9-5-4-6-10-24)29(37)36-18-16-35(17-19-36)21-23-8-7-11-26(32)28(23)33/h4-15,27H,16-21H2,1-3H3,(H,34,38). The van der Waals surface area contributed by atoms with Crippen molar-refractivity contribution >= 4 is 35.2 Å². The van der Waals surface area contributed by atoms with Crippen LogP contribution in [-0.4, -0.2) is 59.6 Å². The first-order chi connectivity index (χ1) is 19.1. The number of carbonyl (C=O) groups is 2. The fourth-order valence-electron chi connectivity index (χ4n) is 4.46. The number of ether oxygens (including phenoxy) is 2. The summed E-state index contributed by atoms with van der Waals surface area (Å²) < 4.78 is 11.3. The summed E-state index contributed by atoms with van der Waals surface area (Å²) in [6, 6.07) is 21.9. The van der Waals surface area contributed by atoms with Gasteiger partial charge in [0.15, 0.2) is 0 Å². The van der Waals surface area contributed by atoms with Gasteiger partial charge in [-0.2, -0.15) is 0 Å². The molecule has 1 saturated heterocycles. The second kappa shape index (κ2) is 13.4. The molecule has 40 heavy (non-hydrogen) atoms. The van der Waals surface area contributed by atoms with Crippen molar-refractivity contribution < 1.29 is 19.1 Å². The van der Waals surface area contributed by atoms with Gasteiger partial charge in [0.25, 0.3) is 0 Å². The Labute approximate surface area is 246 Å². The van der Waals surface area contributed by atoms with Gasteiger partial charge in [-0.05, 0) is 62.2 Å². The van der Waals surface area contributed by atoms with Crippen LogP contribution >= 0.6 is 23.2 Å². The van der Waals surface area contributed by atoms with Crippen molar-refractivity contribution in [3.05, 3.63) is 94.0 Å². The highest BCUT2D eigenvalue weighted by Crippen LogP contribution is 2.27. The predicted octanol–water partition coefficient (Wildman–Crippen LogP) is 6.57. The fraction of sp³-hybridized carbons (Fsp3) is 0.355. The SMILES string of the molecule is CC(C)(C)OC(=O)NC(Cc1ccc(Oc2ccccc2)cc1)C(=O)N1CCN(Cc2cccc(Cl)c2Cl)CC1. The zero-order valence-corrected chi connectivity index (χ0v) is 24.5. The summed E-state index contributed by atoms with van der Waals surface area (Å²) in [5.74, 6) is 1.29. The van der Waals surface area contributed by atoms with E-state index in [4.69, 9.17) is 32.7 Å². The third-order valence-corrected chi connectivity index (χ3v) is 7.30. The minimum atomic E-state index is -0.773. The van der Waals surface area contributed by atoms with Crippen LogP contribution in [0.25, 0.3) is 0 Å². The van der Waals surface area contributed by atoms with Gasteiger partial charge in [0.2, 0.25) is 5.91 Å². The van der Waals surface area contributed by atoms with E-state index in [1.54, 1.807) is 31.7 Å². The summed E-state index contributed by atoms with van der Waals surface area (Å²) in [4.78, 5) is 30.3. The number of piperazine rings is 1. The van der Waals surface area contributed by atoms with Gasteiger partial charge in [-0.3, -0.25) is 9.69 Å². The number of benzene rings is 3. The summed E-state index contributed by atoms with van der Waals surface area (Å²) in [6.07, 6.45) is -0.300. The number of rotatable bonds is 8. The molecule has 0 aliphatic carbocycles. The van der Waals surface area contributed by atoms with Gasteiger partial charge in [0.05, 0.1) is 10.0 Å². The van der Waals surface area contributed by atoms with Crippen LogP contribution in [0, 0.1) is 0 Å². The Bertz CT molecular complexity index is 1290. The maximum absolute atomic E-state index is 13.6. The Hall–Kier alpha value is -3.26. The lowest BCUT2D eigenvalue weighted by molar-refractivity contribution is -0.135. The number of halogens is 2. The lowest BCUT2D eigenvalue weighted by atomic mass is 10.0. The first-order valence-electron chi connectivity index (χ1n) is 13.3. The molecule has 212 valence electrons. The summed E-state index contributed by atoms with van der Waals surface area (Å²) in [5.41, 5.74) is 1.17. The van der Waals surface area contributed by atoms with Gasteiger partial charge in [0.1, 0.15) is 23.1 Å².